The maximum absolute atomic E-state index is 13.8. The summed E-state index contributed by atoms with van der Waals surface area (Å²) in [7, 11) is 0. The number of ether oxygens (including phenoxy) is 1. The lowest BCUT2D eigenvalue weighted by Gasteiger charge is -2.27. The van der Waals surface area contributed by atoms with Crippen molar-refractivity contribution < 1.29 is 18.3 Å². The van der Waals surface area contributed by atoms with Crippen LogP contribution in [0.2, 0.25) is 0 Å². The lowest BCUT2D eigenvalue weighted by molar-refractivity contribution is -0.120. The number of imidazole rings is 1. The molecule has 0 aliphatic carbocycles. The standard InChI is InChI=1S/C23H26F2N4O2/c1-15(2)22(29-14-26-20-11-18(24)19(25)12-21(20)29)23(30)27-17-5-3-4-16(10-17)13-28-6-8-31-9-7-28/h3-5,10-12,14-15,22H,6-9,13H2,1-2H3,(H,27,30). The molecule has 1 fully saturated rings. The van der Waals surface area contributed by atoms with Crippen LogP contribution in [-0.2, 0) is 16.1 Å². The number of amides is 1. The van der Waals surface area contributed by atoms with Crippen LogP contribution in [-0.4, -0.2) is 46.7 Å². The van der Waals surface area contributed by atoms with Gasteiger partial charge in [-0.2, -0.15) is 0 Å². The molecular formula is C23H26F2N4O2. The summed E-state index contributed by atoms with van der Waals surface area (Å²) in [4.78, 5) is 19.7. The van der Waals surface area contributed by atoms with E-state index in [0.29, 0.717) is 16.7 Å². The highest BCUT2D eigenvalue weighted by Crippen LogP contribution is 2.27. The third kappa shape index (κ3) is 4.75. The van der Waals surface area contributed by atoms with Gasteiger partial charge < -0.3 is 14.6 Å². The molecule has 2 heterocycles. The van der Waals surface area contributed by atoms with Crippen LogP contribution < -0.4 is 5.32 Å². The van der Waals surface area contributed by atoms with Gasteiger partial charge >= 0.3 is 0 Å². The summed E-state index contributed by atoms with van der Waals surface area (Å²) in [6.45, 7) is 7.84. The first-order chi connectivity index (χ1) is 14.9. The van der Waals surface area contributed by atoms with Gasteiger partial charge in [-0.3, -0.25) is 9.69 Å². The van der Waals surface area contributed by atoms with Crippen molar-refractivity contribution in [2.45, 2.75) is 26.4 Å². The lowest BCUT2D eigenvalue weighted by Crippen LogP contribution is -2.35. The normalized spacial score (nSPS) is 16.0. The number of morpholine rings is 1. The third-order valence-corrected chi connectivity index (χ3v) is 5.52. The van der Waals surface area contributed by atoms with Crippen LogP contribution in [0.5, 0.6) is 0 Å². The Morgan fingerprint density at radius 3 is 2.65 bits per heavy atom. The average molecular weight is 428 g/mol. The van der Waals surface area contributed by atoms with Crippen molar-refractivity contribution >= 4 is 22.6 Å². The summed E-state index contributed by atoms with van der Waals surface area (Å²) in [6, 6.07) is 9.27. The largest absolute Gasteiger partial charge is 0.379 e. The van der Waals surface area contributed by atoms with Gasteiger partial charge in [-0.25, -0.2) is 13.8 Å². The zero-order valence-electron chi connectivity index (χ0n) is 17.6. The van der Waals surface area contributed by atoms with Gasteiger partial charge in [-0.05, 0) is 23.6 Å². The van der Waals surface area contributed by atoms with Crippen molar-refractivity contribution in [3.8, 4) is 0 Å². The molecule has 4 rings (SSSR count). The molecule has 1 aliphatic rings. The van der Waals surface area contributed by atoms with Crippen molar-refractivity contribution in [2.75, 3.05) is 31.6 Å². The van der Waals surface area contributed by atoms with E-state index in [-0.39, 0.29) is 11.8 Å². The number of hydrogen-bond acceptors (Lipinski definition) is 4. The molecule has 1 amide bonds. The predicted molar refractivity (Wildman–Crippen MR) is 115 cm³/mol. The van der Waals surface area contributed by atoms with Crippen molar-refractivity contribution in [2.24, 2.45) is 5.92 Å². The highest BCUT2D eigenvalue weighted by Gasteiger charge is 2.26. The molecule has 8 heteroatoms. The Hall–Kier alpha value is -2.84. The monoisotopic (exact) mass is 428 g/mol. The predicted octanol–water partition coefficient (Wildman–Crippen LogP) is 3.98. The first-order valence-electron chi connectivity index (χ1n) is 10.4. The Bertz CT molecular complexity index is 1080. The minimum absolute atomic E-state index is 0.0953. The maximum Gasteiger partial charge on any atom is 0.247 e. The van der Waals surface area contributed by atoms with Crippen molar-refractivity contribution in [3.05, 3.63) is 59.9 Å². The summed E-state index contributed by atoms with van der Waals surface area (Å²) < 4.78 is 34.4. The van der Waals surface area contributed by atoms with E-state index in [9.17, 15) is 13.6 Å². The number of carbonyl (C=O) groups excluding carboxylic acids is 1. The second-order valence-electron chi connectivity index (χ2n) is 8.17. The molecular weight excluding hydrogens is 402 g/mol. The second kappa shape index (κ2) is 9.11. The first kappa shape index (κ1) is 21.4. The van der Waals surface area contributed by atoms with Crippen LogP contribution in [0.15, 0.2) is 42.7 Å². The molecule has 0 spiro atoms. The van der Waals surface area contributed by atoms with Gasteiger partial charge in [0.15, 0.2) is 11.6 Å². The molecule has 1 aromatic heterocycles. The number of benzene rings is 2. The summed E-state index contributed by atoms with van der Waals surface area (Å²) in [6.07, 6.45) is 1.46. The van der Waals surface area contributed by atoms with Crippen molar-refractivity contribution in [3.63, 3.8) is 0 Å². The SMILES string of the molecule is CC(C)C(C(=O)Nc1cccc(CN2CCOCC2)c1)n1cnc2cc(F)c(F)cc21. The number of anilines is 1. The van der Waals surface area contributed by atoms with Crippen LogP contribution in [0, 0.1) is 17.6 Å². The smallest absolute Gasteiger partial charge is 0.247 e. The molecule has 3 aromatic rings. The van der Waals surface area contributed by atoms with Gasteiger partial charge in [0.05, 0.1) is 30.6 Å². The molecule has 6 nitrogen and oxygen atoms in total. The number of nitrogens with one attached hydrogen (secondary N) is 1. The lowest BCUT2D eigenvalue weighted by atomic mass is 10.0. The van der Waals surface area contributed by atoms with Crippen LogP contribution >= 0.6 is 0 Å². The fourth-order valence-corrected chi connectivity index (χ4v) is 3.98. The summed E-state index contributed by atoms with van der Waals surface area (Å²) >= 11 is 0. The summed E-state index contributed by atoms with van der Waals surface area (Å²) in [5, 5.41) is 2.98. The van der Waals surface area contributed by atoms with Gasteiger partial charge in [0, 0.05) is 37.5 Å². The van der Waals surface area contributed by atoms with Crippen LogP contribution in [0.1, 0.15) is 25.5 Å². The molecule has 1 atom stereocenters. The molecule has 2 aromatic carbocycles. The van der Waals surface area contributed by atoms with Crippen LogP contribution in [0.4, 0.5) is 14.5 Å². The van der Waals surface area contributed by atoms with Gasteiger partial charge in [-0.1, -0.05) is 26.0 Å². The molecule has 1 saturated heterocycles. The number of rotatable bonds is 6. The highest BCUT2D eigenvalue weighted by molar-refractivity contribution is 5.95. The highest BCUT2D eigenvalue weighted by atomic mass is 19.2. The van der Waals surface area contributed by atoms with Crippen molar-refractivity contribution in [1.82, 2.24) is 14.5 Å². The van der Waals surface area contributed by atoms with E-state index in [1.165, 1.54) is 6.33 Å². The topological polar surface area (TPSA) is 59.4 Å². The fraction of sp³-hybridized carbons (Fsp3) is 0.391. The van der Waals surface area contributed by atoms with E-state index >= 15 is 0 Å². The van der Waals surface area contributed by atoms with Crippen molar-refractivity contribution in [1.29, 1.82) is 0 Å². The van der Waals surface area contributed by atoms with Gasteiger partial charge in [0.1, 0.15) is 6.04 Å². The van der Waals surface area contributed by atoms with Gasteiger partial charge in [-0.15, -0.1) is 0 Å². The molecule has 31 heavy (non-hydrogen) atoms. The van der Waals surface area contributed by atoms with E-state index in [1.807, 2.05) is 38.1 Å². The zero-order chi connectivity index (χ0) is 22.0. The Balaban J connectivity index is 1.55. The van der Waals surface area contributed by atoms with Crippen LogP contribution in [0.25, 0.3) is 11.0 Å². The number of aromatic nitrogens is 2. The maximum atomic E-state index is 13.8. The second-order valence-corrected chi connectivity index (χ2v) is 8.17. The van der Waals surface area contributed by atoms with E-state index in [4.69, 9.17) is 4.74 Å². The Morgan fingerprint density at radius 2 is 1.90 bits per heavy atom. The molecule has 164 valence electrons. The fourth-order valence-electron chi connectivity index (χ4n) is 3.98. The molecule has 1 aliphatic heterocycles. The van der Waals surface area contributed by atoms with E-state index in [1.54, 1.807) is 4.57 Å². The third-order valence-electron chi connectivity index (χ3n) is 5.52. The minimum Gasteiger partial charge on any atom is -0.379 e. The van der Waals surface area contributed by atoms with Crippen LogP contribution in [0.3, 0.4) is 0 Å². The Morgan fingerprint density at radius 1 is 1.16 bits per heavy atom. The summed E-state index contributed by atoms with van der Waals surface area (Å²) in [5.41, 5.74) is 2.49. The molecule has 0 saturated carbocycles. The summed E-state index contributed by atoms with van der Waals surface area (Å²) in [5.74, 6) is -2.25. The van der Waals surface area contributed by atoms with Gasteiger partial charge in [0.25, 0.3) is 0 Å². The molecule has 1 unspecified atom stereocenters. The number of carbonyl (C=O) groups is 1. The Kier molecular flexibility index (Phi) is 6.29. The number of fused-ring (bicyclic) bond motifs is 1. The molecule has 0 radical (unpaired) electrons. The molecule has 1 N–H and O–H groups in total. The Labute approximate surface area is 179 Å². The quantitative estimate of drug-likeness (QED) is 0.645. The van der Waals surface area contributed by atoms with E-state index < -0.39 is 17.7 Å². The minimum atomic E-state index is -0.965. The average Bonchev–Trinajstić information content (AvgIpc) is 3.11. The van der Waals surface area contributed by atoms with E-state index in [0.717, 1.165) is 50.5 Å². The van der Waals surface area contributed by atoms with Gasteiger partial charge in [0.2, 0.25) is 5.91 Å². The first-order valence-corrected chi connectivity index (χ1v) is 10.4. The molecule has 0 bridgehead atoms. The number of hydrogen-bond donors (Lipinski definition) is 1. The van der Waals surface area contributed by atoms with E-state index in [2.05, 4.69) is 15.2 Å². The number of halogens is 2. The number of nitrogens with zero attached hydrogens (tertiary/aromatic N) is 3. The zero-order valence-corrected chi connectivity index (χ0v) is 17.6.